The monoisotopic (exact) mass is 276 g/mol. The van der Waals surface area contributed by atoms with Crippen molar-refractivity contribution in [3.63, 3.8) is 0 Å². The Balaban J connectivity index is 1.68. The fourth-order valence-electron chi connectivity index (χ4n) is 2.89. The van der Waals surface area contributed by atoms with Crippen LogP contribution in [0.25, 0.3) is 0 Å². The highest BCUT2D eigenvalue weighted by atomic mass is 16.7. The summed E-state index contributed by atoms with van der Waals surface area (Å²) in [5, 5.41) is 6.33. The Kier molecular flexibility index (Phi) is 3.53. The van der Waals surface area contributed by atoms with Crippen LogP contribution < -0.4 is 20.1 Å². The van der Waals surface area contributed by atoms with Gasteiger partial charge in [0.05, 0.1) is 5.41 Å². The van der Waals surface area contributed by atoms with E-state index in [1.807, 2.05) is 18.2 Å². The molecule has 1 aromatic rings. The van der Waals surface area contributed by atoms with Gasteiger partial charge in [-0.2, -0.15) is 0 Å². The number of carbonyl (C=O) groups is 1. The lowest BCUT2D eigenvalue weighted by atomic mass is 9.83. The molecule has 0 aromatic heterocycles. The van der Waals surface area contributed by atoms with E-state index in [9.17, 15) is 4.79 Å². The summed E-state index contributed by atoms with van der Waals surface area (Å²) in [6, 6.07) is 5.75. The van der Waals surface area contributed by atoms with Crippen molar-refractivity contribution in [2.24, 2.45) is 5.41 Å². The first-order valence-electron chi connectivity index (χ1n) is 7.12. The number of rotatable bonds is 4. The Morgan fingerprint density at radius 2 is 2.35 bits per heavy atom. The normalized spacial score (nSPS) is 23.9. The predicted octanol–water partition coefficient (Wildman–Crippen LogP) is 1.42. The summed E-state index contributed by atoms with van der Waals surface area (Å²) in [5.41, 5.74) is 0.709. The maximum atomic E-state index is 12.4. The van der Waals surface area contributed by atoms with Crippen molar-refractivity contribution in [1.82, 2.24) is 10.6 Å². The summed E-state index contributed by atoms with van der Waals surface area (Å²) in [7, 11) is 0. The van der Waals surface area contributed by atoms with Crippen molar-refractivity contribution in [3.05, 3.63) is 23.8 Å². The Morgan fingerprint density at radius 1 is 1.45 bits per heavy atom. The van der Waals surface area contributed by atoms with Crippen LogP contribution >= 0.6 is 0 Å². The van der Waals surface area contributed by atoms with Gasteiger partial charge in [0, 0.05) is 18.7 Å². The van der Waals surface area contributed by atoms with Gasteiger partial charge in [-0.15, -0.1) is 0 Å². The molecule has 3 rings (SSSR count). The van der Waals surface area contributed by atoms with Crippen molar-refractivity contribution in [3.8, 4) is 11.5 Å². The number of carbonyl (C=O) groups excluding carboxylic acids is 1. The predicted molar refractivity (Wildman–Crippen MR) is 74.6 cm³/mol. The minimum atomic E-state index is -0.255. The zero-order valence-electron chi connectivity index (χ0n) is 11.7. The molecule has 108 valence electrons. The van der Waals surface area contributed by atoms with Gasteiger partial charge < -0.3 is 20.1 Å². The number of hydrogen-bond acceptors (Lipinski definition) is 4. The van der Waals surface area contributed by atoms with Gasteiger partial charge in [0.15, 0.2) is 11.5 Å². The maximum Gasteiger partial charge on any atom is 0.231 e. The molecular formula is C15H20N2O3. The lowest BCUT2D eigenvalue weighted by molar-refractivity contribution is -0.130. The van der Waals surface area contributed by atoms with Gasteiger partial charge >= 0.3 is 0 Å². The highest BCUT2D eigenvalue weighted by molar-refractivity contribution is 5.83. The Bertz CT molecular complexity index is 510. The van der Waals surface area contributed by atoms with E-state index in [2.05, 4.69) is 17.6 Å². The maximum absolute atomic E-state index is 12.4. The largest absolute Gasteiger partial charge is 0.454 e. The topological polar surface area (TPSA) is 59.6 Å². The van der Waals surface area contributed by atoms with E-state index in [1.54, 1.807) is 0 Å². The number of para-hydroxylation sites is 1. The smallest absolute Gasteiger partial charge is 0.231 e. The average molecular weight is 276 g/mol. The van der Waals surface area contributed by atoms with Crippen LogP contribution in [0.1, 0.15) is 25.3 Å². The molecule has 2 heterocycles. The van der Waals surface area contributed by atoms with Crippen LogP contribution in [-0.2, 0) is 11.3 Å². The first kappa shape index (κ1) is 13.2. The number of benzene rings is 1. The van der Waals surface area contributed by atoms with Crippen LogP contribution in [0.5, 0.6) is 11.5 Å². The van der Waals surface area contributed by atoms with Crippen LogP contribution in [0.15, 0.2) is 18.2 Å². The van der Waals surface area contributed by atoms with E-state index in [-0.39, 0.29) is 18.1 Å². The number of nitrogens with one attached hydrogen (secondary N) is 2. The number of amides is 1. The van der Waals surface area contributed by atoms with Crippen molar-refractivity contribution in [1.29, 1.82) is 0 Å². The standard InChI is InChI=1S/C15H20N2O3/c1-2-15(6-7-16-9-15)14(18)17-8-11-4-3-5-12-13(11)20-10-19-12/h3-5,16H,2,6-10H2,1H3,(H,17,18). The molecule has 1 atom stereocenters. The summed E-state index contributed by atoms with van der Waals surface area (Å²) >= 11 is 0. The van der Waals surface area contributed by atoms with Gasteiger partial charge in [0.25, 0.3) is 0 Å². The molecule has 1 aromatic carbocycles. The third kappa shape index (κ3) is 2.22. The zero-order valence-corrected chi connectivity index (χ0v) is 11.7. The first-order chi connectivity index (χ1) is 9.75. The van der Waals surface area contributed by atoms with Crippen molar-refractivity contribution >= 4 is 5.91 Å². The van der Waals surface area contributed by atoms with E-state index in [4.69, 9.17) is 9.47 Å². The molecule has 0 aliphatic carbocycles. The lowest BCUT2D eigenvalue weighted by Gasteiger charge is -2.25. The molecule has 1 saturated heterocycles. The van der Waals surface area contributed by atoms with Gasteiger partial charge in [-0.3, -0.25) is 4.79 Å². The number of ether oxygens (including phenoxy) is 2. The lowest BCUT2D eigenvalue weighted by Crippen LogP contribution is -2.41. The van der Waals surface area contributed by atoms with E-state index < -0.39 is 0 Å². The van der Waals surface area contributed by atoms with Gasteiger partial charge in [-0.1, -0.05) is 19.1 Å². The zero-order chi connectivity index (χ0) is 14.0. The van der Waals surface area contributed by atoms with Crippen LogP contribution in [0.3, 0.4) is 0 Å². The van der Waals surface area contributed by atoms with Gasteiger partial charge in [-0.05, 0) is 25.5 Å². The van der Waals surface area contributed by atoms with Crippen molar-refractivity contribution in [2.75, 3.05) is 19.9 Å². The quantitative estimate of drug-likeness (QED) is 0.873. The van der Waals surface area contributed by atoms with Crippen LogP contribution in [-0.4, -0.2) is 25.8 Å². The molecule has 2 N–H and O–H groups in total. The number of hydrogen-bond donors (Lipinski definition) is 2. The third-order valence-electron chi connectivity index (χ3n) is 4.32. The molecular weight excluding hydrogens is 256 g/mol. The van der Waals surface area contributed by atoms with Crippen LogP contribution in [0.4, 0.5) is 0 Å². The van der Waals surface area contributed by atoms with Crippen LogP contribution in [0.2, 0.25) is 0 Å². The minimum Gasteiger partial charge on any atom is -0.454 e. The second-order valence-corrected chi connectivity index (χ2v) is 5.39. The molecule has 0 saturated carbocycles. The molecule has 0 spiro atoms. The average Bonchev–Trinajstić information content (AvgIpc) is 3.13. The first-order valence-corrected chi connectivity index (χ1v) is 7.12. The summed E-state index contributed by atoms with van der Waals surface area (Å²) in [6.07, 6.45) is 1.76. The van der Waals surface area contributed by atoms with E-state index >= 15 is 0 Å². The highest BCUT2D eigenvalue weighted by Crippen LogP contribution is 2.35. The molecule has 2 aliphatic rings. The minimum absolute atomic E-state index is 0.126. The molecule has 20 heavy (non-hydrogen) atoms. The summed E-state index contributed by atoms with van der Waals surface area (Å²) < 4.78 is 10.8. The van der Waals surface area contributed by atoms with Crippen LogP contribution in [0, 0.1) is 5.41 Å². The van der Waals surface area contributed by atoms with E-state index in [1.165, 1.54) is 0 Å². The van der Waals surface area contributed by atoms with Crippen molar-refractivity contribution in [2.45, 2.75) is 26.3 Å². The Labute approximate surface area is 118 Å². The van der Waals surface area contributed by atoms with Gasteiger partial charge in [-0.25, -0.2) is 0 Å². The molecule has 0 bridgehead atoms. The fraction of sp³-hybridized carbons (Fsp3) is 0.533. The summed E-state index contributed by atoms with van der Waals surface area (Å²) in [5.74, 6) is 1.63. The molecule has 0 radical (unpaired) electrons. The highest BCUT2D eigenvalue weighted by Gasteiger charge is 2.39. The molecule has 5 nitrogen and oxygen atoms in total. The SMILES string of the molecule is CCC1(C(=O)NCc2cccc3c2OCO3)CCNC1. The third-order valence-corrected chi connectivity index (χ3v) is 4.32. The Morgan fingerprint density at radius 3 is 3.10 bits per heavy atom. The molecule has 5 heteroatoms. The molecule has 1 amide bonds. The second kappa shape index (κ2) is 5.32. The summed E-state index contributed by atoms with van der Waals surface area (Å²) in [6.45, 7) is 4.49. The molecule has 2 aliphatic heterocycles. The van der Waals surface area contributed by atoms with Gasteiger partial charge in [0.1, 0.15) is 0 Å². The van der Waals surface area contributed by atoms with E-state index in [0.717, 1.165) is 43.0 Å². The van der Waals surface area contributed by atoms with Crippen molar-refractivity contribution < 1.29 is 14.3 Å². The van der Waals surface area contributed by atoms with E-state index in [0.29, 0.717) is 6.54 Å². The molecule has 1 fully saturated rings. The second-order valence-electron chi connectivity index (χ2n) is 5.39. The number of fused-ring (bicyclic) bond motifs is 1. The Hall–Kier alpha value is -1.75. The molecule has 1 unspecified atom stereocenters. The van der Waals surface area contributed by atoms with Gasteiger partial charge in [0.2, 0.25) is 12.7 Å². The fourth-order valence-corrected chi connectivity index (χ4v) is 2.89. The summed E-state index contributed by atoms with van der Waals surface area (Å²) in [4.78, 5) is 12.4.